The Hall–Kier alpha value is -1.65. The van der Waals surface area contributed by atoms with Crippen molar-refractivity contribution in [3.8, 4) is 0 Å². The van der Waals surface area contributed by atoms with Gasteiger partial charge in [-0.25, -0.2) is 0 Å². The maximum atomic E-state index is 12.5. The molecule has 3 nitrogen and oxygen atoms in total. The molecule has 2 aromatic rings. The second kappa shape index (κ2) is 8.71. The fourth-order valence-electron chi connectivity index (χ4n) is 2.36. The van der Waals surface area contributed by atoms with Gasteiger partial charge in [-0.15, -0.1) is 0 Å². The maximum absolute atomic E-state index is 12.5. The summed E-state index contributed by atoms with van der Waals surface area (Å²) in [5.74, 6) is 0.125. The van der Waals surface area contributed by atoms with Crippen molar-refractivity contribution in [3.63, 3.8) is 0 Å². The number of nitrogens with zero attached hydrogens (tertiary/aromatic N) is 1. The van der Waals surface area contributed by atoms with Crippen molar-refractivity contribution in [2.45, 2.75) is 12.8 Å². The molecule has 2 aromatic carbocycles. The first kappa shape index (κ1) is 16.7. The molecule has 0 atom stereocenters. The Labute approximate surface area is 140 Å². The second-order valence-corrected chi connectivity index (χ2v) is 6.13. The average Bonchev–Trinajstić information content (AvgIpc) is 2.52. The first-order valence-corrected chi connectivity index (χ1v) is 8.24. The molecule has 22 heavy (non-hydrogen) atoms. The summed E-state index contributed by atoms with van der Waals surface area (Å²) >= 11 is 3.44. The molecule has 0 radical (unpaired) electrons. The van der Waals surface area contributed by atoms with Crippen molar-refractivity contribution >= 4 is 21.8 Å². The van der Waals surface area contributed by atoms with Gasteiger partial charge >= 0.3 is 0 Å². The third-order valence-electron chi connectivity index (χ3n) is 3.51. The quantitative estimate of drug-likeness (QED) is 0.824. The Kier molecular flexibility index (Phi) is 6.62. The van der Waals surface area contributed by atoms with E-state index in [9.17, 15) is 4.79 Å². The second-order valence-electron chi connectivity index (χ2n) is 5.21. The molecule has 0 bridgehead atoms. The minimum absolute atomic E-state index is 0.125. The van der Waals surface area contributed by atoms with E-state index in [0.29, 0.717) is 26.1 Å². The number of benzene rings is 2. The molecular weight excluding hydrogens is 340 g/mol. The van der Waals surface area contributed by atoms with Crippen LogP contribution >= 0.6 is 15.9 Å². The van der Waals surface area contributed by atoms with Crippen molar-refractivity contribution in [2.75, 3.05) is 19.6 Å². The Balaban J connectivity index is 1.96. The maximum Gasteiger partial charge on any atom is 0.227 e. The molecule has 0 spiro atoms. The lowest BCUT2D eigenvalue weighted by Crippen LogP contribution is -2.37. The summed E-state index contributed by atoms with van der Waals surface area (Å²) in [7, 11) is 0. The van der Waals surface area contributed by atoms with Crippen LogP contribution in [0.15, 0.2) is 59.1 Å². The van der Waals surface area contributed by atoms with E-state index in [2.05, 4.69) is 28.1 Å². The van der Waals surface area contributed by atoms with Crippen LogP contribution in [-0.4, -0.2) is 30.4 Å². The highest BCUT2D eigenvalue weighted by Crippen LogP contribution is 2.13. The van der Waals surface area contributed by atoms with Crippen LogP contribution < -0.4 is 5.73 Å². The summed E-state index contributed by atoms with van der Waals surface area (Å²) in [4.78, 5) is 14.3. The number of amides is 1. The fraction of sp³-hybridized carbons (Fsp3) is 0.278. The molecule has 0 saturated carbocycles. The van der Waals surface area contributed by atoms with Crippen LogP contribution in [0.3, 0.4) is 0 Å². The van der Waals surface area contributed by atoms with E-state index >= 15 is 0 Å². The molecule has 1 amide bonds. The number of hydrogen-bond acceptors (Lipinski definition) is 2. The topological polar surface area (TPSA) is 46.3 Å². The minimum Gasteiger partial charge on any atom is -0.341 e. The van der Waals surface area contributed by atoms with Gasteiger partial charge in [-0.3, -0.25) is 4.79 Å². The van der Waals surface area contributed by atoms with E-state index in [4.69, 9.17) is 5.73 Å². The zero-order valence-corrected chi connectivity index (χ0v) is 14.1. The number of carbonyl (C=O) groups is 1. The molecule has 0 saturated heterocycles. The van der Waals surface area contributed by atoms with Gasteiger partial charge in [-0.1, -0.05) is 58.4 Å². The van der Waals surface area contributed by atoms with Crippen LogP contribution in [0.4, 0.5) is 0 Å². The highest BCUT2D eigenvalue weighted by Gasteiger charge is 2.13. The van der Waals surface area contributed by atoms with Crippen LogP contribution in [0, 0.1) is 0 Å². The predicted octanol–water partition coefficient (Wildman–Crippen LogP) is 3.02. The average molecular weight is 361 g/mol. The number of hydrogen-bond donors (Lipinski definition) is 1. The van der Waals surface area contributed by atoms with E-state index in [0.717, 1.165) is 16.5 Å². The number of nitrogens with two attached hydrogens (primary N) is 1. The number of carbonyl (C=O) groups excluding carboxylic acids is 1. The van der Waals surface area contributed by atoms with E-state index < -0.39 is 0 Å². The van der Waals surface area contributed by atoms with Gasteiger partial charge in [0, 0.05) is 24.1 Å². The van der Waals surface area contributed by atoms with Crippen LogP contribution in [-0.2, 0) is 17.6 Å². The largest absolute Gasteiger partial charge is 0.341 e. The fourth-order valence-corrected chi connectivity index (χ4v) is 2.81. The Morgan fingerprint density at radius 1 is 1.00 bits per heavy atom. The van der Waals surface area contributed by atoms with E-state index in [1.165, 1.54) is 5.56 Å². The molecule has 2 rings (SSSR count). The highest BCUT2D eigenvalue weighted by molar-refractivity contribution is 9.10. The van der Waals surface area contributed by atoms with Gasteiger partial charge in [-0.2, -0.15) is 0 Å². The van der Waals surface area contributed by atoms with Gasteiger partial charge < -0.3 is 10.6 Å². The molecule has 0 aliphatic carbocycles. The van der Waals surface area contributed by atoms with E-state index in [-0.39, 0.29) is 5.91 Å². The van der Waals surface area contributed by atoms with Crippen LogP contribution in [0.1, 0.15) is 11.1 Å². The van der Waals surface area contributed by atoms with Crippen LogP contribution in [0.2, 0.25) is 0 Å². The normalized spacial score (nSPS) is 10.5. The first-order chi connectivity index (χ1) is 10.7. The Morgan fingerprint density at radius 2 is 1.73 bits per heavy atom. The molecular formula is C18H21BrN2O. The van der Waals surface area contributed by atoms with E-state index in [1.54, 1.807) is 0 Å². The van der Waals surface area contributed by atoms with Gasteiger partial charge in [0.05, 0.1) is 6.42 Å². The van der Waals surface area contributed by atoms with Crippen molar-refractivity contribution in [2.24, 2.45) is 5.73 Å². The van der Waals surface area contributed by atoms with Gasteiger partial charge in [0.25, 0.3) is 0 Å². The van der Waals surface area contributed by atoms with Crippen molar-refractivity contribution in [1.82, 2.24) is 4.90 Å². The third-order valence-corrected chi connectivity index (χ3v) is 4.00. The zero-order valence-electron chi connectivity index (χ0n) is 12.5. The zero-order chi connectivity index (χ0) is 15.8. The third kappa shape index (κ3) is 5.28. The summed E-state index contributed by atoms with van der Waals surface area (Å²) < 4.78 is 0.993. The number of rotatable bonds is 7. The molecule has 2 N–H and O–H groups in total. The van der Waals surface area contributed by atoms with Crippen molar-refractivity contribution in [3.05, 3.63) is 70.2 Å². The van der Waals surface area contributed by atoms with Gasteiger partial charge in [0.1, 0.15) is 0 Å². The summed E-state index contributed by atoms with van der Waals surface area (Å²) in [5, 5.41) is 0. The SMILES string of the molecule is NCCN(CCc1ccccc1)C(=O)Cc1cccc(Br)c1. The van der Waals surface area contributed by atoms with Crippen LogP contribution in [0.5, 0.6) is 0 Å². The molecule has 0 fully saturated rings. The van der Waals surface area contributed by atoms with Gasteiger partial charge in [0.15, 0.2) is 0 Å². The molecule has 0 unspecified atom stereocenters. The molecule has 4 heteroatoms. The monoisotopic (exact) mass is 360 g/mol. The standard InChI is InChI=1S/C18H21BrN2O/c19-17-8-4-7-16(13-17)14-18(22)21(12-10-20)11-9-15-5-2-1-3-6-15/h1-8,13H,9-12,14,20H2. The highest BCUT2D eigenvalue weighted by atomic mass is 79.9. The number of halogens is 1. The summed E-state index contributed by atoms with van der Waals surface area (Å²) in [5.41, 5.74) is 7.90. The van der Waals surface area contributed by atoms with Gasteiger partial charge in [-0.05, 0) is 29.7 Å². The molecule has 0 aliphatic rings. The summed E-state index contributed by atoms with van der Waals surface area (Å²) in [6, 6.07) is 18.1. The predicted molar refractivity (Wildman–Crippen MR) is 93.6 cm³/mol. The minimum atomic E-state index is 0.125. The lowest BCUT2D eigenvalue weighted by atomic mass is 10.1. The summed E-state index contributed by atoms with van der Waals surface area (Å²) in [6.45, 7) is 1.78. The van der Waals surface area contributed by atoms with Gasteiger partial charge in [0.2, 0.25) is 5.91 Å². The Morgan fingerprint density at radius 3 is 2.41 bits per heavy atom. The van der Waals surface area contributed by atoms with Crippen LogP contribution in [0.25, 0.3) is 0 Å². The van der Waals surface area contributed by atoms with Crippen molar-refractivity contribution < 1.29 is 4.79 Å². The lowest BCUT2D eigenvalue weighted by Gasteiger charge is -2.22. The smallest absolute Gasteiger partial charge is 0.227 e. The molecule has 116 valence electrons. The first-order valence-electron chi connectivity index (χ1n) is 7.45. The molecule has 0 heterocycles. The lowest BCUT2D eigenvalue weighted by molar-refractivity contribution is -0.130. The molecule has 0 aromatic heterocycles. The summed E-state index contributed by atoms with van der Waals surface area (Å²) in [6.07, 6.45) is 1.26. The molecule has 0 aliphatic heterocycles. The Bertz CT molecular complexity index is 601. The van der Waals surface area contributed by atoms with Crippen molar-refractivity contribution in [1.29, 1.82) is 0 Å². The van der Waals surface area contributed by atoms with E-state index in [1.807, 2.05) is 47.4 Å².